The molecule has 0 atom stereocenters. The standard InChI is InChI=1S/C26H32O8/c1-19(2)25(27)33-16-12-29-10-14-31-22-9-8-21-6-5-7-24(23(21)18-22)32-15-11-30-13-17-34-26(28)20(3)4/h5-9,18H,1,3,10-17H2,2,4H3. The Kier molecular flexibility index (Phi) is 11.6. The van der Waals surface area contributed by atoms with Gasteiger partial charge < -0.3 is 28.4 Å². The highest BCUT2D eigenvalue weighted by Gasteiger charge is 2.06. The fourth-order valence-electron chi connectivity index (χ4n) is 2.70. The Bertz CT molecular complexity index is 982. The molecule has 8 nitrogen and oxygen atoms in total. The predicted molar refractivity (Wildman–Crippen MR) is 128 cm³/mol. The van der Waals surface area contributed by atoms with Gasteiger partial charge in [-0.15, -0.1) is 0 Å². The number of fused-ring (bicyclic) bond motifs is 1. The minimum atomic E-state index is -0.427. The first-order chi connectivity index (χ1) is 16.4. The van der Waals surface area contributed by atoms with Crippen molar-refractivity contribution in [1.29, 1.82) is 0 Å². The van der Waals surface area contributed by atoms with Gasteiger partial charge in [0, 0.05) is 16.5 Å². The van der Waals surface area contributed by atoms with E-state index in [1.807, 2.05) is 36.4 Å². The third-order valence-electron chi connectivity index (χ3n) is 4.41. The van der Waals surface area contributed by atoms with Gasteiger partial charge in [-0.25, -0.2) is 9.59 Å². The van der Waals surface area contributed by atoms with E-state index in [9.17, 15) is 9.59 Å². The Hall–Kier alpha value is -3.36. The van der Waals surface area contributed by atoms with Gasteiger partial charge in [-0.05, 0) is 37.4 Å². The molecule has 0 saturated carbocycles. The van der Waals surface area contributed by atoms with E-state index in [0.717, 1.165) is 16.5 Å². The Balaban J connectivity index is 1.71. The lowest BCUT2D eigenvalue weighted by atomic mass is 10.1. The number of hydrogen-bond donors (Lipinski definition) is 0. The SMILES string of the molecule is C=C(C)C(=O)OCCOCCOc1ccc2cccc(OCCOCCOC(=O)C(=C)C)c2c1. The zero-order valence-electron chi connectivity index (χ0n) is 19.8. The summed E-state index contributed by atoms with van der Waals surface area (Å²) in [6, 6.07) is 11.6. The fraction of sp³-hybridized carbons (Fsp3) is 0.385. The summed E-state index contributed by atoms with van der Waals surface area (Å²) in [5, 5.41) is 1.94. The van der Waals surface area contributed by atoms with Crippen LogP contribution in [0, 0.1) is 0 Å². The average molecular weight is 473 g/mol. The summed E-state index contributed by atoms with van der Waals surface area (Å²) >= 11 is 0. The molecule has 0 spiro atoms. The minimum Gasteiger partial charge on any atom is -0.491 e. The molecule has 184 valence electrons. The zero-order chi connectivity index (χ0) is 24.8. The minimum absolute atomic E-state index is 0.171. The molecule has 0 heterocycles. The Morgan fingerprint density at radius 2 is 1.26 bits per heavy atom. The van der Waals surface area contributed by atoms with Crippen LogP contribution < -0.4 is 9.47 Å². The summed E-state index contributed by atoms with van der Waals surface area (Å²) < 4.78 is 32.4. The second kappa shape index (κ2) is 14.7. The third-order valence-corrected chi connectivity index (χ3v) is 4.41. The van der Waals surface area contributed by atoms with Gasteiger partial charge >= 0.3 is 11.9 Å². The van der Waals surface area contributed by atoms with Gasteiger partial charge in [0.15, 0.2) is 0 Å². The Morgan fingerprint density at radius 1 is 0.706 bits per heavy atom. The number of esters is 2. The maximum Gasteiger partial charge on any atom is 0.333 e. The number of ether oxygens (including phenoxy) is 6. The van der Waals surface area contributed by atoms with Crippen molar-refractivity contribution in [2.75, 3.05) is 52.9 Å². The second-order valence-electron chi connectivity index (χ2n) is 7.39. The summed E-state index contributed by atoms with van der Waals surface area (Å²) in [5.74, 6) is 0.557. The highest BCUT2D eigenvalue weighted by atomic mass is 16.6. The summed E-state index contributed by atoms with van der Waals surface area (Å²) in [5.41, 5.74) is 0.717. The molecule has 34 heavy (non-hydrogen) atoms. The lowest BCUT2D eigenvalue weighted by Crippen LogP contribution is -2.14. The van der Waals surface area contributed by atoms with Gasteiger partial charge in [0.2, 0.25) is 0 Å². The highest BCUT2D eigenvalue weighted by molar-refractivity contribution is 5.89. The van der Waals surface area contributed by atoms with Crippen LogP contribution in [0.4, 0.5) is 0 Å². The summed E-state index contributed by atoms with van der Waals surface area (Å²) in [4.78, 5) is 22.6. The molecule has 0 saturated heterocycles. The molecule has 2 aromatic rings. The third kappa shape index (κ3) is 9.64. The molecular weight excluding hydrogens is 440 g/mol. The molecule has 0 fully saturated rings. The van der Waals surface area contributed by atoms with Crippen molar-refractivity contribution < 1.29 is 38.0 Å². The highest BCUT2D eigenvalue weighted by Crippen LogP contribution is 2.29. The number of carbonyl (C=O) groups is 2. The molecule has 0 aliphatic rings. The van der Waals surface area contributed by atoms with Crippen molar-refractivity contribution >= 4 is 22.7 Å². The van der Waals surface area contributed by atoms with Crippen LogP contribution in [0.3, 0.4) is 0 Å². The monoisotopic (exact) mass is 472 g/mol. The van der Waals surface area contributed by atoms with Crippen LogP contribution in [-0.2, 0) is 28.5 Å². The first-order valence-corrected chi connectivity index (χ1v) is 11.0. The first kappa shape index (κ1) is 26.9. The van der Waals surface area contributed by atoms with Gasteiger partial charge in [0.1, 0.15) is 37.9 Å². The van der Waals surface area contributed by atoms with Crippen LogP contribution in [0.15, 0.2) is 60.7 Å². The van der Waals surface area contributed by atoms with E-state index in [-0.39, 0.29) is 26.4 Å². The van der Waals surface area contributed by atoms with Crippen LogP contribution in [-0.4, -0.2) is 64.8 Å². The van der Waals surface area contributed by atoms with Crippen LogP contribution in [0.1, 0.15) is 13.8 Å². The number of benzene rings is 2. The molecule has 0 radical (unpaired) electrons. The molecule has 8 heteroatoms. The summed E-state index contributed by atoms with van der Waals surface area (Å²) in [6.45, 7) is 12.6. The molecule has 0 amide bonds. The van der Waals surface area contributed by atoms with Crippen molar-refractivity contribution in [3.8, 4) is 11.5 Å². The van der Waals surface area contributed by atoms with Crippen LogP contribution >= 0.6 is 0 Å². The number of rotatable bonds is 16. The molecule has 0 aromatic heterocycles. The molecule has 0 unspecified atom stereocenters. The van der Waals surface area contributed by atoms with Crippen LogP contribution in [0.2, 0.25) is 0 Å². The summed E-state index contributed by atoms with van der Waals surface area (Å²) in [7, 11) is 0. The second-order valence-corrected chi connectivity index (χ2v) is 7.39. The van der Waals surface area contributed by atoms with Gasteiger partial charge in [0.05, 0.1) is 26.4 Å². The van der Waals surface area contributed by atoms with Gasteiger partial charge in [-0.2, -0.15) is 0 Å². The zero-order valence-corrected chi connectivity index (χ0v) is 19.8. The number of carbonyl (C=O) groups excluding carboxylic acids is 2. The van der Waals surface area contributed by atoms with E-state index in [2.05, 4.69) is 13.2 Å². The molecule has 2 aromatic carbocycles. The van der Waals surface area contributed by atoms with E-state index >= 15 is 0 Å². The van der Waals surface area contributed by atoms with Crippen molar-refractivity contribution in [2.45, 2.75) is 13.8 Å². The molecular formula is C26H32O8. The molecule has 0 aliphatic heterocycles. The van der Waals surface area contributed by atoms with Gasteiger partial charge in [-0.3, -0.25) is 0 Å². The van der Waals surface area contributed by atoms with E-state index < -0.39 is 11.9 Å². The maximum absolute atomic E-state index is 11.3. The van der Waals surface area contributed by atoms with Crippen LogP contribution in [0.5, 0.6) is 11.5 Å². The lowest BCUT2D eigenvalue weighted by Gasteiger charge is -2.12. The van der Waals surface area contributed by atoms with Gasteiger partial charge in [-0.1, -0.05) is 31.4 Å². The van der Waals surface area contributed by atoms with E-state index in [4.69, 9.17) is 28.4 Å². The quantitative estimate of drug-likeness (QED) is 0.207. The van der Waals surface area contributed by atoms with Crippen LogP contribution in [0.25, 0.3) is 10.8 Å². The molecule has 0 aliphatic carbocycles. The van der Waals surface area contributed by atoms with E-state index in [0.29, 0.717) is 43.3 Å². The Morgan fingerprint density at radius 3 is 1.85 bits per heavy atom. The Labute approximate surface area is 200 Å². The lowest BCUT2D eigenvalue weighted by molar-refractivity contribution is -0.141. The maximum atomic E-state index is 11.3. The number of hydrogen-bond acceptors (Lipinski definition) is 8. The normalized spacial score (nSPS) is 10.5. The van der Waals surface area contributed by atoms with Crippen molar-refractivity contribution in [3.63, 3.8) is 0 Å². The summed E-state index contributed by atoms with van der Waals surface area (Å²) in [6.07, 6.45) is 0. The van der Waals surface area contributed by atoms with Crippen molar-refractivity contribution in [2.24, 2.45) is 0 Å². The van der Waals surface area contributed by atoms with Gasteiger partial charge in [0.25, 0.3) is 0 Å². The van der Waals surface area contributed by atoms with E-state index in [1.54, 1.807) is 13.8 Å². The average Bonchev–Trinajstić information content (AvgIpc) is 2.82. The largest absolute Gasteiger partial charge is 0.491 e. The van der Waals surface area contributed by atoms with Crippen molar-refractivity contribution in [3.05, 3.63) is 60.7 Å². The fourth-order valence-corrected chi connectivity index (χ4v) is 2.70. The predicted octanol–water partition coefficient (Wildman–Crippen LogP) is 3.87. The van der Waals surface area contributed by atoms with E-state index in [1.165, 1.54) is 0 Å². The van der Waals surface area contributed by atoms with Crippen molar-refractivity contribution in [1.82, 2.24) is 0 Å². The smallest absolute Gasteiger partial charge is 0.333 e. The first-order valence-electron chi connectivity index (χ1n) is 11.0. The molecule has 2 rings (SSSR count). The molecule has 0 N–H and O–H groups in total. The topological polar surface area (TPSA) is 89.5 Å². The molecule has 0 bridgehead atoms.